The fourth-order valence-electron chi connectivity index (χ4n) is 0. The van der Waals surface area contributed by atoms with E-state index in [1.54, 1.807) is 0 Å². The fourth-order valence-corrected chi connectivity index (χ4v) is 0. The van der Waals surface area contributed by atoms with Crippen LogP contribution in [0.5, 0.6) is 0 Å². The van der Waals surface area contributed by atoms with Crippen LogP contribution in [-0.2, 0) is 39.0 Å². The van der Waals surface area contributed by atoms with Crippen LogP contribution in [0.4, 0.5) is 0 Å². The molecule has 6 heteroatoms. The molecule has 0 aliphatic heterocycles. The number of rotatable bonds is 0. The molecule has 0 atom stereocenters. The zero-order valence-corrected chi connectivity index (χ0v) is 8.86. The van der Waals surface area contributed by atoms with Crippen LogP contribution in [0.2, 0.25) is 0 Å². The maximum absolute atomic E-state index is 0. The van der Waals surface area contributed by atoms with Gasteiger partial charge >= 0.3 is 39.0 Å². The first-order valence-corrected chi connectivity index (χ1v) is 0. The van der Waals surface area contributed by atoms with Crippen molar-refractivity contribution in [1.29, 1.82) is 0 Å². The van der Waals surface area contributed by atoms with Crippen LogP contribution >= 0.6 is 0 Å². The zero-order chi connectivity index (χ0) is 0. The van der Waals surface area contributed by atoms with Crippen LogP contribution in [0.3, 0.4) is 0 Å². The standard InChI is InChI=1S/4FH.2Zn/h4*1H;;/q;;;;2*+2/p-4. The first kappa shape index (κ1) is 265. The quantitative estimate of drug-likeness (QED) is 0.273. The van der Waals surface area contributed by atoms with Gasteiger partial charge in [-0.2, -0.15) is 0 Å². The van der Waals surface area contributed by atoms with E-state index in [2.05, 4.69) is 0 Å². The third-order valence-electron chi connectivity index (χ3n) is 0. The molecular weight excluding hydrogens is 207 g/mol. The Labute approximate surface area is 58.0 Å². The van der Waals surface area contributed by atoms with Crippen LogP contribution < -0.4 is 18.8 Å². The van der Waals surface area contributed by atoms with Gasteiger partial charge in [0.15, 0.2) is 0 Å². The minimum Gasteiger partial charge on any atom is -1.00 e. The molecule has 0 unspecified atom stereocenters. The van der Waals surface area contributed by atoms with E-state index in [1.807, 2.05) is 0 Å². The normalized spacial score (nSPS) is 0. The summed E-state index contributed by atoms with van der Waals surface area (Å²) in [5.74, 6) is 0. The van der Waals surface area contributed by atoms with E-state index in [9.17, 15) is 0 Å². The van der Waals surface area contributed by atoms with Crippen molar-refractivity contribution in [1.82, 2.24) is 0 Å². The van der Waals surface area contributed by atoms with Gasteiger partial charge in [-0.3, -0.25) is 0 Å². The molecule has 0 radical (unpaired) electrons. The van der Waals surface area contributed by atoms with E-state index in [-0.39, 0.29) is 57.8 Å². The molecule has 0 nitrogen and oxygen atoms in total. The molecule has 0 N–H and O–H groups in total. The Balaban J connectivity index is 0. The van der Waals surface area contributed by atoms with Gasteiger partial charge in [-0.1, -0.05) is 0 Å². The molecule has 0 bridgehead atoms. The maximum Gasteiger partial charge on any atom is 2.00 e. The Morgan fingerprint density at radius 1 is 0.333 bits per heavy atom. The molecule has 0 spiro atoms. The van der Waals surface area contributed by atoms with Crippen LogP contribution in [-0.4, -0.2) is 0 Å². The molecule has 0 amide bonds. The third-order valence-corrected chi connectivity index (χ3v) is 0. The van der Waals surface area contributed by atoms with Crippen molar-refractivity contribution in [3.05, 3.63) is 0 Å². The Kier molecular flexibility index (Phi) is 6970. The molecule has 0 aliphatic rings. The van der Waals surface area contributed by atoms with Crippen LogP contribution in [0, 0.1) is 0 Å². The van der Waals surface area contributed by atoms with Gasteiger partial charge in [-0.05, 0) is 0 Å². The van der Waals surface area contributed by atoms with Gasteiger partial charge in [-0.15, -0.1) is 0 Å². The van der Waals surface area contributed by atoms with E-state index in [0.29, 0.717) is 0 Å². The number of halogens is 4. The summed E-state index contributed by atoms with van der Waals surface area (Å²) in [6.45, 7) is 0. The van der Waals surface area contributed by atoms with Crippen molar-refractivity contribution < 1.29 is 57.8 Å². The van der Waals surface area contributed by atoms with Gasteiger partial charge in [0.05, 0.1) is 0 Å². The minimum atomic E-state index is 0. The predicted molar refractivity (Wildman–Crippen MR) is 0 cm³/mol. The summed E-state index contributed by atoms with van der Waals surface area (Å²) >= 11 is 0. The molecule has 6 heavy (non-hydrogen) atoms. The summed E-state index contributed by atoms with van der Waals surface area (Å²) in [7, 11) is 0. The molecule has 0 rings (SSSR count). The fraction of sp³-hybridized carbons (Fsp3) is 0. The number of hydrogen-bond donors (Lipinski definition) is 0. The van der Waals surface area contributed by atoms with Crippen molar-refractivity contribution in [2.75, 3.05) is 0 Å². The van der Waals surface area contributed by atoms with Gasteiger partial charge in [0.2, 0.25) is 0 Å². The average Bonchev–Trinajstić information content (AvgIpc) is 0. The SMILES string of the molecule is [F-].[F-].[F-].[F-].[Zn+2].[Zn+2]. The maximum atomic E-state index is 0. The van der Waals surface area contributed by atoms with Crippen molar-refractivity contribution in [2.45, 2.75) is 0 Å². The van der Waals surface area contributed by atoms with Crippen molar-refractivity contribution in [2.24, 2.45) is 0 Å². The van der Waals surface area contributed by atoms with Crippen molar-refractivity contribution in [3.8, 4) is 0 Å². The summed E-state index contributed by atoms with van der Waals surface area (Å²) in [6, 6.07) is 0. The summed E-state index contributed by atoms with van der Waals surface area (Å²) in [5.41, 5.74) is 0. The molecule has 0 saturated carbocycles. The zero-order valence-electron chi connectivity index (χ0n) is 2.93. The second-order valence-corrected chi connectivity index (χ2v) is 0. The topological polar surface area (TPSA) is 0 Å². The molecular formula is F4Zn2. The Hall–Kier alpha value is 0.967. The second-order valence-electron chi connectivity index (χ2n) is 0. The van der Waals surface area contributed by atoms with Crippen LogP contribution in [0.15, 0.2) is 0 Å². The Bertz CT molecular complexity index is 5.51. The van der Waals surface area contributed by atoms with Crippen molar-refractivity contribution in [3.63, 3.8) is 0 Å². The Morgan fingerprint density at radius 2 is 0.333 bits per heavy atom. The molecule has 0 heterocycles. The molecule has 0 saturated heterocycles. The monoisotopic (exact) mass is 204 g/mol. The largest absolute Gasteiger partial charge is 2.00 e. The summed E-state index contributed by atoms with van der Waals surface area (Å²) in [6.07, 6.45) is 0. The Morgan fingerprint density at radius 3 is 0.333 bits per heavy atom. The molecule has 32 valence electrons. The third kappa shape index (κ3) is 83.6. The molecule has 0 fully saturated rings. The first-order valence-electron chi connectivity index (χ1n) is 0. The van der Waals surface area contributed by atoms with Gasteiger partial charge < -0.3 is 18.8 Å². The van der Waals surface area contributed by atoms with Gasteiger partial charge in [-0.25, -0.2) is 0 Å². The van der Waals surface area contributed by atoms with Crippen LogP contribution in [0.25, 0.3) is 0 Å². The molecule has 0 aromatic heterocycles. The smallest absolute Gasteiger partial charge is 1.00 e. The average molecular weight is 207 g/mol. The summed E-state index contributed by atoms with van der Waals surface area (Å²) in [5, 5.41) is 0. The molecule has 0 aromatic rings. The summed E-state index contributed by atoms with van der Waals surface area (Å²) in [4.78, 5) is 0. The van der Waals surface area contributed by atoms with E-state index >= 15 is 0 Å². The van der Waals surface area contributed by atoms with Gasteiger partial charge in [0.25, 0.3) is 0 Å². The predicted octanol–water partition coefficient (Wildman–Crippen LogP) is -12.0. The van der Waals surface area contributed by atoms with Gasteiger partial charge in [0, 0.05) is 0 Å². The molecule has 0 aliphatic carbocycles. The van der Waals surface area contributed by atoms with Gasteiger partial charge in [0.1, 0.15) is 0 Å². The van der Waals surface area contributed by atoms with E-state index < -0.39 is 0 Å². The molecule has 0 aromatic carbocycles. The number of hydrogen-bond acceptors (Lipinski definition) is 0. The van der Waals surface area contributed by atoms with Crippen molar-refractivity contribution >= 4 is 0 Å². The minimum absolute atomic E-state index is 0. The van der Waals surface area contributed by atoms with E-state index in [4.69, 9.17) is 0 Å². The first-order chi connectivity index (χ1) is 0. The van der Waals surface area contributed by atoms with E-state index in [0.717, 1.165) is 0 Å². The second kappa shape index (κ2) is 157. The van der Waals surface area contributed by atoms with Crippen LogP contribution in [0.1, 0.15) is 0 Å². The van der Waals surface area contributed by atoms with E-state index in [1.165, 1.54) is 0 Å². The summed E-state index contributed by atoms with van der Waals surface area (Å²) < 4.78 is 0.